The van der Waals surface area contributed by atoms with Gasteiger partial charge in [-0.1, -0.05) is 30.3 Å². The van der Waals surface area contributed by atoms with Crippen LogP contribution in [0.15, 0.2) is 53.1 Å². The van der Waals surface area contributed by atoms with Crippen molar-refractivity contribution in [1.82, 2.24) is 10.6 Å². The molecule has 0 saturated heterocycles. The van der Waals surface area contributed by atoms with Crippen LogP contribution in [0.5, 0.6) is 0 Å². The molecule has 3 amide bonds. The van der Waals surface area contributed by atoms with Crippen LogP contribution >= 0.6 is 0 Å². The fourth-order valence-corrected chi connectivity index (χ4v) is 6.64. The van der Waals surface area contributed by atoms with E-state index in [1.54, 1.807) is 6.26 Å². The number of nitrogens with one attached hydrogen (secondary N) is 2. The number of carbonyl (C=O) groups is 2. The first-order chi connectivity index (χ1) is 15.0. The van der Waals surface area contributed by atoms with Gasteiger partial charge in [-0.25, -0.2) is 4.79 Å². The first-order valence-electron chi connectivity index (χ1n) is 11.6. The summed E-state index contributed by atoms with van der Waals surface area (Å²) in [6, 6.07) is 12.8. The third kappa shape index (κ3) is 4.26. The molecule has 4 N–H and O–H groups in total. The van der Waals surface area contributed by atoms with E-state index in [0.717, 1.165) is 48.3 Å². The van der Waals surface area contributed by atoms with Gasteiger partial charge in [0.15, 0.2) is 17.8 Å². The number of nitrogens with two attached hydrogens (primary N) is 1. The van der Waals surface area contributed by atoms with Gasteiger partial charge in [0.2, 0.25) is 0 Å². The van der Waals surface area contributed by atoms with Crippen LogP contribution in [-0.2, 0) is 4.79 Å². The van der Waals surface area contributed by atoms with Crippen molar-refractivity contribution in [2.75, 3.05) is 0 Å². The molecule has 4 aliphatic rings. The number of imide groups is 1. The summed E-state index contributed by atoms with van der Waals surface area (Å²) in [6.45, 7) is 1.83. The third-order valence-electron chi connectivity index (χ3n) is 7.56. The summed E-state index contributed by atoms with van der Waals surface area (Å²) in [5.41, 5.74) is 0.947. The van der Waals surface area contributed by atoms with Crippen molar-refractivity contribution in [2.45, 2.75) is 63.1 Å². The van der Waals surface area contributed by atoms with Gasteiger partial charge in [0, 0.05) is 11.1 Å². The Bertz CT molecular complexity index is 889. The Labute approximate surface area is 183 Å². The second-order valence-corrected chi connectivity index (χ2v) is 10.0. The molecule has 1 aromatic carbocycles. The molecule has 4 saturated carbocycles. The normalized spacial score (nSPS) is 30.5. The van der Waals surface area contributed by atoms with Crippen LogP contribution in [0.4, 0.5) is 4.79 Å². The highest BCUT2D eigenvalue weighted by atomic mass is 16.3. The van der Waals surface area contributed by atoms with Gasteiger partial charge >= 0.3 is 6.03 Å². The average Bonchev–Trinajstić information content (AvgIpc) is 3.25. The van der Waals surface area contributed by atoms with Gasteiger partial charge in [-0.3, -0.25) is 10.1 Å². The molecule has 0 spiro atoms. The SMILES string of the molecule is C[C@@H]([NH2+][C@@H](c1ccccc1)c1ccco1)C(=O)NC(=O)NC12CC3CC(CC(C3)C1)C2. The minimum Gasteiger partial charge on any atom is -0.463 e. The maximum absolute atomic E-state index is 12.8. The summed E-state index contributed by atoms with van der Waals surface area (Å²) in [4.78, 5) is 25.6. The lowest BCUT2D eigenvalue weighted by Crippen LogP contribution is -2.93. The smallest absolute Gasteiger partial charge is 0.322 e. The van der Waals surface area contributed by atoms with Crippen molar-refractivity contribution < 1.29 is 19.3 Å². The maximum atomic E-state index is 12.8. The largest absolute Gasteiger partial charge is 0.463 e. The van der Waals surface area contributed by atoms with Crippen LogP contribution < -0.4 is 16.0 Å². The number of benzene rings is 1. The van der Waals surface area contributed by atoms with E-state index in [1.165, 1.54) is 19.3 Å². The van der Waals surface area contributed by atoms with E-state index >= 15 is 0 Å². The molecule has 164 valence electrons. The Morgan fingerprint density at radius 1 is 1.00 bits per heavy atom. The highest BCUT2D eigenvalue weighted by Crippen LogP contribution is 2.55. The number of hydrogen-bond donors (Lipinski definition) is 3. The molecule has 2 aromatic rings. The summed E-state index contributed by atoms with van der Waals surface area (Å²) in [5, 5.41) is 7.77. The Hall–Kier alpha value is -2.60. The molecule has 4 fully saturated rings. The standard InChI is InChI=1S/C25H31N3O3/c1-16(26-22(21-8-5-9-31-21)20-6-3-2-4-7-20)23(29)27-24(30)28-25-13-17-10-18(14-25)12-19(11-17)15-25/h2-9,16-19,22,26H,10-15H2,1H3,(H2,27,28,29,30)/p+1/t16-,17?,18?,19?,22+,25?/m1/s1. The number of furan rings is 1. The first-order valence-corrected chi connectivity index (χ1v) is 11.6. The topological polar surface area (TPSA) is 88.0 Å². The second kappa shape index (κ2) is 8.15. The molecule has 1 heterocycles. The monoisotopic (exact) mass is 422 g/mol. The first kappa shape index (κ1) is 20.3. The number of hydrogen-bond acceptors (Lipinski definition) is 3. The van der Waals surface area contributed by atoms with Gasteiger partial charge in [0.05, 0.1) is 6.26 Å². The van der Waals surface area contributed by atoms with Gasteiger partial charge in [-0.2, -0.15) is 0 Å². The number of rotatable bonds is 6. The Kier molecular flexibility index (Phi) is 5.34. The van der Waals surface area contributed by atoms with E-state index in [0.29, 0.717) is 0 Å². The van der Waals surface area contributed by atoms with Crippen LogP contribution in [0.25, 0.3) is 0 Å². The minimum atomic E-state index is -0.447. The predicted octanol–water partition coefficient (Wildman–Crippen LogP) is 3.12. The molecular weight excluding hydrogens is 390 g/mol. The fraction of sp³-hybridized carbons (Fsp3) is 0.520. The molecular formula is C25H32N3O3+. The zero-order valence-electron chi connectivity index (χ0n) is 18.1. The minimum absolute atomic E-state index is 0.104. The van der Waals surface area contributed by atoms with Crippen LogP contribution in [0.3, 0.4) is 0 Å². The van der Waals surface area contributed by atoms with Gasteiger partial charge < -0.3 is 15.1 Å². The molecule has 0 radical (unpaired) electrons. The predicted molar refractivity (Wildman–Crippen MR) is 116 cm³/mol. The highest BCUT2D eigenvalue weighted by molar-refractivity contribution is 5.96. The molecule has 1 aromatic heterocycles. The van der Waals surface area contributed by atoms with Crippen molar-refractivity contribution >= 4 is 11.9 Å². The summed E-state index contributed by atoms with van der Waals surface area (Å²) in [5.74, 6) is 2.73. The maximum Gasteiger partial charge on any atom is 0.322 e. The molecule has 6 nitrogen and oxygen atoms in total. The molecule has 0 aliphatic heterocycles. The molecule has 2 atom stereocenters. The highest BCUT2D eigenvalue weighted by Gasteiger charge is 2.51. The summed E-state index contributed by atoms with van der Waals surface area (Å²) < 4.78 is 5.63. The molecule has 31 heavy (non-hydrogen) atoms. The number of amides is 3. The molecule has 4 bridgehead atoms. The van der Waals surface area contributed by atoms with Crippen molar-refractivity contribution in [3.05, 3.63) is 60.1 Å². The van der Waals surface area contributed by atoms with Gasteiger partial charge in [0.25, 0.3) is 5.91 Å². The summed E-state index contributed by atoms with van der Waals surface area (Å²) >= 11 is 0. The Balaban J connectivity index is 1.21. The summed E-state index contributed by atoms with van der Waals surface area (Å²) in [7, 11) is 0. The lowest BCUT2D eigenvalue weighted by atomic mass is 9.53. The van der Waals surface area contributed by atoms with Crippen LogP contribution in [0.1, 0.15) is 62.8 Å². The van der Waals surface area contributed by atoms with Crippen LogP contribution in [0.2, 0.25) is 0 Å². The zero-order chi connectivity index (χ0) is 21.4. The molecule has 6 heteroatoms. The van der Waals surface area contributed by atoms with E-state index in [9.17, 15) is 9.59 Å². The quantitative estimate of drug-likeness (QED) is 0.668. The third-order valence-corrected chi connectivity index (χ3v) is 7.56. The van der Waals surface area contributed by atoms with Crippen LogP contribution in [0, 0.1) is 17.8 Å². The van der Waals surface area contributed by atoms with Crippen molar-refractivity contribution in [2.24, 2.45) is 17.8 Å². The molecule has 6 rings (SSSR count). The van der Waals surface area contributed by atoms with Crippen LogP contribution in [-0.4, -0.2) is 23.5 Å². The number of quaternary nitrogens is 1. The average molecular weight is 423 g/mol. The second-order valence-electron chi connectivity index (χ2n) is 10.0. The van der Waals surface area contributed by atoms with Gasteiger partial charge in [0.1, 0.15) is 0 Å². The fourth-order valence-electron chi connectivity index (χ4n) is 6.64. The molecule has 0 unspecified atom stereocenters. The Morgan fingerprint density at radius 3 is 2.23 bits per heavy atom. The number of urea groups is 1. The van der Waals surface area contributed by atoms with E-state index in [2.05, 4.69) is 10.6 Å². The summed E-state index contributed by atoms with van der Waals surface area (Å²) in [6.07, 6.45) is 8.80. The van der Waals surface area contributed by atoms with Crippen molar-refractivity contribution in [3.63, 3.8) is 0 Å². The van der Waals surface area contributed by atoms with E-state index < -0.39 is 6.04 Å². The van der Waals surface area contributed by atoms with E-state index in [-0.39, 0.29) is 23.5 Å². The van der Waals surface area contributed by atoms with Crippen molar-refractivity contribution in [1.29, 1.82) is 0 Å². The van der Waals surface area contributed by atoms with Crippen molar-refractivity contribution in [3.8, 4) is 0 Å². The van der Waals surface area contributed by atoms with E-state index in [1.807, 2.05) is 54.7 Å². The number of carbonyl (C=O) groups excluding carboxylic acids is 2. The van der Waals surface area contributed by atoms with Gasteiger partial charge in [-0.05, 0) is 75.3 Å². The lowest BCUT2D eigenvalue weighted by molar-refractivity contribution is -0.706. The molecule has 4 aliphatic carbocycles. The Morgan fingerprint density at radius 2 is 1.65 bits per heavy atom. The lowest BCUT2D eigenvalue weighted by Gasteiger charge is -2.56. The van der Waals surface area contributed by atoms with Gasteiger partial charge in [-0.15, -0.1) is 0 Å². The zero-order valence-corrected chi connectivity index (χ0v) is 18.1. The van der Waals surface area contributed by atoms with E-state index in [4.69, 9.17) is 4.42 Å².